The molecular formula is C16H16O4. The van der Waals surface area contributed by atoms with Crippen LogP contribution in [-0.2, 0) is 9.53 Å². The van der Waals surface area contributed by atoms with Gasteiger partial charge >= 0.3 is 5.97 Å². The molecule has 0 radical (unpaired) electrons. The van der Waals surface area contributed by atoms with E-state index in [1.54, 1.807) is 32.2 Å². The van der Waals surface area contributed by atoms with Gasteiger partial charge in [0.1, 0.15) is 11.5 Å². The minimum atomic E-state index is -0.433. The standard InChI is InChI=1S/C16H16O4/c1-3-20-15(17)10-8-11-7-9-12-13(16(11)18)5-4-6-14(12)19-2/h4-10,18H,3H2,1-2H3/b10-8+. The Balaban J connectivity index is 2.42. The van der Waals surface area contributed by atoms with Gasteiger partial charge < -0.3 is 14.6 Å². The number of aromatic hydroxyl groups is 1. The number of hydrogen-bond donors (Lipinski definition) is 1. The molecule has 0 spiro atoms. The molecule has 4 nitrogen and oxygen atoms in total. The fourth-order valence-electron chi connectivity index (χ4n) is 1.99. The molecule has 20 heavy (non-hydrogen) atoms. The summed E-state index contributed by atoms with van der Waals surface area (Å²) in [5, 5.41) is 11.7. The first-order valence-corrected chi connectivity index (χ1v) is 6.31. The third kappa shape index (κ3) is 2.74. The molecule has 0 fully saturated rings. The number of rotatable bonds is 4. The van der Waals surface area contributed by atoms with Crippen molar-refractivity contribution in [3.63, 3.8) is 0 Å². The summed E-state index contributed by atoms with van der Waals surface area (Å²) in [6.07, 6.45) is 2.83. The van der Waals surface area contributed by atoms with Crippen LogP contribution >= 0.6 is 0 Å². The predicted molar refractivity (Wildman–Crippen MR) is 77.8 cm³/mol. The lowest BCUT2D eigenvalue weighted by atomic mass is 10.0. The number of carbonyl (C=O) groups excluding carboxylic acids is 1. The lowest BCUT2D eigenvalue weighted by Crippen LogP contribution is -1.98. The predicted octanol–water partition coefficient (Wildman–Crippen LogP) is 3.13. The van der Waals surface area contributed by atoms with Crippen molar-refractivity contribution in [1.82, 2.24) is 0 Å². The maximum Gasteiger partial charge on any atom is 0.330 e. The van der Waals surface area contributed by atoms with Gasteiger partial charge in [-0.15, -0.1) is 0 Å². The van der Waals surface area contributed by atoms with Crippen LogP contribution in [0.4, 0.5) is 0 Å². The van der Waals surface area contributed by atoms with Crippen LogP contribution < -0.4 is 4.74 Å². The largest absolute Gasteiger partial charge is 0.507 e. The van der Waals surface area contributed by atoms with Gasteiger partial charge in [0, 0.05) is 22.4 Å². The highest BCUT2D eigenvalue weighted by Crippen LogP contribution is 2.34. The van der Waals surface area contributed by atoms with E-state index in [0.717, 1.165) is 5.39 Å². The van der Waals surface area contributed by atoms with Crippen molar-refractivity contribution in [3.8, 4) is 11.5 Å². The molecule has 1 N–H and O–H groups in total. The first-order valence-electron chi connectivity index (χ1n) is 6.31. The first kappa shape index (κ1) is 13.9. The minimum Gasteiger partial charge on any atom is -0.507 e. The van der Waals surface area contributed by atoms with Crippen molar-refractivity contribution in [2.45, 2.75) is 6.92 Å². The molecule has 0 aliphatic rings. The molecule has 0 bridgehead atoms. The van der Waals surface area contributed by atoms with Crippen molar-refractivity contribution in [3.05, 3.63) is 42.0 Å². The minimum absolute atomic E-state index is 0.113. The molecule has 0 unspecified atom stereocenters. The van der Waals surface area contributed by atoms with Crippen LogP contribution in [0.5, 0.6) is 11.5 Å². The highest BCUT2D eigenvalue weighted by molar-refractivity contribution is 5.96. The Morgan fingerprint density at radius 2 is 2.05 bits per heavy atom. The summed E-state index contributed by atoms with van der Waals surface area (Å²) in [6, 6.07) is 9.01. The van der Waals surface area contributed by atoms with E-state index < -0.39 is 5.97 Å². The van der Waals surface area contributed by atoms with Crippen LogP contribution in [0.2, 0.25) is 0 Å². The van der Waals surface area contributed by atoms with Gasteiger partial charge in [-0.3, -0.25) is 0 Å². The van der Waals surface area contributed by atoms with Gasteiger partial charge in [-0.05, 0) is 25.1 Å². The number of carbonyl (C=O) groups is 1. The highest BCUT2D eigenvalue weighted by atomic mass is 16.5. The van der Waals surface area contributed by atoms with E-state index >= 15 is 0 Å². The van der Waals surface area contributed by atoms with Crippen LogP contribution in [0.15, 0.2) is 36.4 Å². The van der Waals surface area contributed by atoms with Crippen molar-refractivity contribution in [1.29, 1.82) is 0 Å². The van der Waals surface area contributed by atoms with E-state index in [-0.39, 0.29) is 5.75 Å². The quantitative estimate of drug-likeness (QED) is 0.686. The number of methoxy groups -OCH3 is 1. The van der Waals surface area contributed by atoms with Gasteiger partial charge in [-0.2, -0.15) is 0 Å². The summed E-state index contributed by atoms with van der Waals surface area (Å²) >= 11 is 0. The molecule has 2 aromatic carbocycles. The topological polar surface area (TPSA) is 55.8 Å². The summed E-state index contributed by atoms with van der Waals surface area (Å²) in [4.78, 5) is 11.3. The van der Waals surface area contributed by atoms with Gasteiger partial charge in [0.2, 0.25) is 0 Å². The molecule has 0 amide bonds. The average Bonchev–Trinajstić information content (AvgIpc) is 2.46. The first-order chi connectivity index (χ1) is 9.67. The van der Waals surface area contributed by atoms with E-state index in [1.807, 2.05) is 12.1 Å². The maximum absolute atomic E-state index is 11.3. The Bertz CT molecular complexity index is 659. The number of phenolic OH excluding ortho intramolecular Hbond substituents is 1. The SMILES string of the molecule is CCOC(=O)/C=C/c1ccc2c(OC)cccc2c1O. The van der Waals surface area contributed by atoms with Crippen molar-refractivity contribution >= 4 is 22.8 Å². The number of fused-ring (bicyclic) bond motifs is 1. The van der Waals surface area contributed by atoms with Crippen LogP contribution in [0.25, 0.3) is 16.8 Å². The third-order valence-electron chi connectivity index (χ3n) is 2.93. The van der Waals surface area contributed by atoms with Crippen LogP contribution in [0.3, 0.4) is 0 Å². The number of benzene rings is 2. The highest BCUT2D eigenvalue weighted by Gasteiger charge is 2.08. The smallest absolute Gasteiger partial charge is 0.330 e. The van der Waals surface area contributed by atoms with Gasteiger partial charge in [0.05, 0.1) is 13.7 Å². The average molecular weight is 272 g/mol. The third-order valence-corrected chi connectivity index (χ3v) is 2.93. The fraction of sp³-hybridized carbons (Fsp3) is 0.188. The monoisotopic (exact) mass is 272 g/mol. The Hall–Kier alpha value is -2.49. The molecule has 0 saturated heterocycles. The fourth-order valence-corrected chi connectivity index (χ4v) is 1.99. The lowest BCUT2D eigenvalue weighted by Gasteiger charge is -2.08. The molecule has 0 aliphatic heterocycles. The molecular weight excluding hydrogens is 256 g/mol. The van der Waals surface area contributed by atoms with E-state index in [4.69, 9.17) is 9.47 Å². The second-order valence-corrected chi connectivity index (χ2v) is 4.14. The van der Waals surface area contributed by atoms with E-state index in [1.165, 1.54) is 12.2 Å². The molecule has 2 aromatic rings. The molecule has 0 aromatic heterocycles. The van der Waals surface area contributed by atoms with Gasteiger partial charge in [0.15, 0.2) is 0 Å². The normalized spacial score (nSPS) is 10.9. The molecule has 4 heteroatoms. The zero-order valence-electron chi connectivity index (χ0n) is 11.4. The van der Waals surface area contributed by atoms with Crippen molar-refractivity contribution < 1.29 is 19.4 Å². The van der Waals surface area contributed by atoms with Crippen LogP contribution in [-0.4, -0.2) is 24.8 Å². The summed E-state index contributed by atoms with van der Waals surface area (Å²) in [5.41, 5.74) is 0.554. The number of hydrogen-bond acceptors (Lipinski definition) is 4. The molecule has 0 aliphatic carbocycles. The summed E-state index contributed by atoms with van der Waals surface area (Å²) in [6.45, 7) is 2.07. The zero-order chi connectivity index (χ0) is 14.5. The Kier molecular flexibility index (Phi) is 4.25. The molecule has 0 saturated carbocycles. The second kappa shape index (κ2) is 6.10. The van der Waals surface area contributed by atoms with Gasteiger partial charge in [-0.25, -0.2) is 4.79 Å². The number of phenols is 1. The Labute approximate surface area is 117 Å². The van der Waals surface area contributed by atoms with Gasteiger partial charge in [0.25, 0.3) is 0 Å². The molecule has 104 valence electrons. The van der Waals surface area contributed by atoms with Crippen molar-refractivity contribution in [2.75, 3.05) is 13.7 Å². The molecule has 0 atom stereocenters. The van der Waals surface area contributed by atoms with Crippen molar-refractivity contribution in [2.24, 2.45) is 0 Å². The Morgan fingerprint density at radius 3 is 2.75 bits per heavy atom. The molecule has 0 heterocycles. The van der Waals surface area contributed by atoms with E-state index in [0.29, 0.717) is 23.3 Å². The second-order valence-electron chi connectivity index (χ2n) is 4.14. The Morgan fingerprint density at radius 1 is 1.25 bits per heavy atom. The molecule has 2 rings (SSSR count). The summed E-state index contributed by atoms with van der Waals surface area (Å²) in [5.74, 6) is 0.373. The van der Waals surface area contributed by atoms with Crippen LogP contribution in [0, 0.1) is 0 Å². The maximum atomic E-state index is 11.3. The zero-order valence-corrected chi connectivity index (χ0v) is 11.4. The summed E-state index contributed by atoms with van der Waals surface area (Å²) in [7, 11) is 1.58. The summed E-state index contributed by atoms with van der Waals surface area (Å²) < 4.78 is 10.0. The van der Waals surface area contributed by atoms with E-state index in [2.05, 4.69) is 0 Å². The van der Waals surface area contributed by atoms with E-state index in [9.17, 15) is 9.90 Å². The number of esters is 1. The number of ether oxygens (including phenoxy) is 2. The van der Waals surface area contributed by atoms with Crippen LogP contribution in [0.1, 0.15) is 12.5 Å². The lowest BCUT2D eigenvalue weighted by molar-refractivity contribution is -0.137. The van der Waals surface area contributed by atoms with Gasteiger partial charge in [-0.1, -0.05) is 18.2 Å².